The lowest BCUT2D eigenvalue weighted by molar-refractivity contribution is -0.145. The molecule has 0 saturated carbocycles. The van der Waals surface area contributed by atoms with Crippen LogP contribution in [0.25, 0.3) is 11.0 Å². The molecular formula is C20H16O6. The van der Waals surface area contributed by atoms with Gasteiger partial charge in [0, 0.05) is 11.8 Å². The molecule has 6 heteroatoms. The van der Waals surface area contributed by atoms with Gasteiger partial charge in [0.1, 0.15) is 17.9 Å². The third-order valence-corrected chi connectivity index (χ3v) is 4.15. The van der Waals surface area contributed by atoms with Gasteiger partial charge in [0.25, 0.3) is 0 Å². The van der Waals surface area contributed by atoms with Crippen molar-refractivity contribution in [2.24, 2.45) is 0 Å². The summed E-state index contributed by atoms with van der Waals surface area (Å²) < 4.78 is 21.6. The summed E-state index contributed by atoms with van der Waals surface area (Å²) in [7, 11) is 0. The average molecular weight is 352 g/mol. The third kappa shape index (κ3) is 3.13. The van der Waals surface area contributed by atoms with Crippen LogP contribution in [0.15, 0.2) is 59.0 Å². The highest BCUT2D eigenvalue weighted by Crippen LogP contribution is 2.28. The van der Waals surface area contributed by atoms with E-state index in [-0.39, 0.29) is 19.0 Å². The first kappa shape index (κ1) is 16.2. The Morgan fingerprint density at radius 2 is 1.85 bits per heavy atom. The average Bonchev–Trinajstić information content (AvgIpc) is 3.24. The number of hydrogen-bond acceptors (Lipinski definition) is 6. The zero-order valence-electron chi connectivity index (χ0n) is 13.8. The van der Waals surface area contributed by atoms with Crippen LogP contribution in [0.3, 0.4) is 0 Å². The molecule has 6 nitrogen and oxygen atoms in total. The van der Waals surface area contributed by atoms with Crippen molar-refractivity contribution in [1.82, 2.24) is 0 Å². The first-order valence-electron chi connectivity index (χ1n) is 8.28. The number of benzene rings is 2. The van der Waals surface area contributed by atoms with Gasteiger partial charge in [0.15, 0.2) is 0 Å². The third-order valence-electron chi connectivity index (χ3n) is 4.15. The summed E-state index contributed by atoms with van der Waals surface area (Å²) in [6, 6.07) is 16.6. The van der Waals surface area contributed by atoms with E-state index in [0.29, 0.717) is 23.3 Å². The van der Waals surface area contributed by atoms with E-state index in [4.69, 9.17) is 18.6 Å². The quantitative estimate of drug-likeness (QED) is 0.655. The van der Waals surface area contributed by atoms with Crippen LogP contribution in [0.2, 0.25) is 0 Å². The maximum atomic E-state index is 12.6. The molecule has 132 valence electrons. The summed E-state index contributed by atoms with van der Waals surface area (Å²) in [5, 5.41) is 0.768. The van der Waals surface area contributed by atoms with Crippen LogP contribution in [0.5, 0.6) is 5.75 Å². The van der Waals surface area contributed by atoms with Gasteiger partial charge in [0.2, 0.25) is 11.9 Å². The number of furan rings is 1. The van der Waals surface area contributed by atoms with Crippen molar-refractivity contribution in [2.75, 3.05) is 6.61 Å². The van der Waals surface area contributed by atoms with Crippen molar-refractivity contribution >= 4 is 22.9 Å². The highest BCUT2D eigenvalue weighted by Gasteiger charge is 2.33. The summed E-state index contributed by atoms with van der Waals surface area (Å²) in [5.74, 6) is -0.508. The summed E-state index contributed by atoms with van der Waals surface area (Å²) in [5.41, 5.74) is 1.14. The molecule has 2 aromatic carbocycles. The number of carbonyl (C=O) groups excluding carboxylic acids is 2. The molecule has 0 aliphatic carbocycles. The van der Waals surface area contributed by atoms with Gasteiger partial charge in [0.05, 0.1) is 12.2 Å². The fourth-order valence-electron chi connectivity index (χ4n) is 2.85. The van der Waals surface area contributed by atoms with Crippen LogP contribution in [0.4, 0.5) is 0 Å². The van der Waals surface area contributed by atoms with Crippen molar-refractivity contribution < 1.29 is 28.2 Å². The van der Waals surface area contributed by atoms with Gasteiger partial charge in [-0.1, -0.05) is 36.4 Å². The Hall–Kier alpha value is -3.28. The normalized spacial score (nSPS) is 16.5. The Labute approximate surface area is 149 Å². The molecule has 1 unspecified atom stereocenters. The van der Waals surface area contributed by atoms with E-state index in [1.54, 1.807) is 6.07 Å². The molecular weight excluding hydrogens is 336 g/mol. The molecule has 1 aliphatic rings. The first-order valence-corrected chi connectivity index (χ1v) is 8.28. The molecule has 4 rings (SSSR count). The van der Waals surface area contributed by atoms with E-state index in [1.807, 2.05) is 48.5 Å². The standard InChI is InChI=1S/C20H16O6/c21-19-17(10-11-23-19)26-20(22)18-15(12-24-13-6-2-1-3-7-13)14-8-4-5-9-16(14)25-18/h1-9,17H,10-12H2. The Morgan fingerprint density at radius 3 is 2.62 bits per heavy atom. The number of hydrogen-bond donors (Lipinski definition) is 0. The maximum absolute atomic E-state index is 12.6. The zero-order chi connectivity index (χ0) is 17.9. The lowest BCUT2D eigenvalue weighted by Gasteiger charge is -2.09. The van der Waals surface area contributed by atoms with Crippen LogP contribution in [0.1, 0.15) is 22.5 Å². The van der Waals surface area contributed by atoms with Gasteiger partial charge in [-0.3, -0.25) is 0 Å². The summed E-state index contributed by atoms with van der Waals surface area (Å²) in [6.45, 7) is 0.390. The number of rotatable bonds is 5. The molecule has 26 heavy (non-hydrogen) atoms. The van der Waals surface area contributed by atoms with Crippen molar-refractivity contribution in [3.8, 4) is 5.75 Å². The lowest BCUT2D eigenvalue weighted by Crippen LogP contribution is -2.23. The van der Waals surface area contributed by atoms with E-state index < -0.39 is 18.0 Å². The fourth-order valence-corrected chi connectivity index (χ4v) is 2.85. The highest BCUT2D eigenvalue weighted by molar-refractivity contribution is 5.97. The van der Waals surface area contributed by atoms with E-state index in [2.05, 4.69) is 0 Å². The largest absolute Gasteiger partial charge is 0.489 e. The second-order valence-electron chi connectivity index (χ2n) is 5.86. The molecule has 1 saturated heterocycles. The molecule has 1 aliphatic heterocycles. The van der Waals surface area contributed by atoms with E-state index in [9.17, 15) is 9.59 Å². The molecule has 0 bridgehead atoms. The van der Waals surface area contributed by atoms with E-state index in [1.165, 1.54) is 0 Å². The number of cyclic esters (lactones) is 1. The van der Waals surface area contributed by atoms with Gasteiger partial charge in [-0.25, -0.2) is 9.59 Å². The minimum Gasteiger partial charge on any atom is -0.489 e. The molecule has 1 atom stereocenters. The summed E-state index contributed by atoms with van der Waals surface area (Å²) in [6.07, 6.45) is -0.542. The molecule has 0 radical (unpaired) electrons. The molecule has 0 amide bonds. The van der Waals surface area contributed by atoms with Crippen LogP contribution < -0.4 is 4.74 Å². The summed E-state index contributed by atoms with van der Waals surface area (Å²) >= 11 is 0. The second-order valence-corrected chi connectivity index (χ2v) is 5.86. The number of esters is 2. The Balaban J connectivity index is 1.62. The lowest BCUT2D eigenvalue weighted by atomic mass is 10.1. The summed E-state index contributed by atoms with van der Waals surface area (Å²) in [4.78, 5) is 24.1. The number of fused-ring (bicyclic) bond motifs is 1. The van der Waals surface area contributed by atoms with Gasteiger partial charge in [-0.2, -0.15) is 0 Å². The predicted octanol–water partition coefficient (Wildman–Crippen LogP) is 3.48. The van der Waals surface area contributed by atoms with Crippen molar-refractivity contribution in [1.29, 1.82) is 0 Å². The molecule has 1 aromatic heterocycles. The minimum atomic E-state index is -0.890. The molecule has 0 N–H and O–H groups in total. The topological polar surface area (TPSA) is 75.0 Å². The number of carbonyl (C=O) groups is 2. The Kier molecular flexibility index (Phi) is 4.31. The van der Waals surface area contributed by atoms with Gasteiger partial charge in [-0.15, -0.1) is 0 Å². The molecule has 2 heterocycles. The molecule has 3 aromatic rings. The monoisotopic (exact) mass is 352 g/mol. The van der Waals surface area contributed by atoms with Crippen molar-refractivity contribution in [2.45, 2.75) is 19.1 Å². The van der Waals surface area contributed by atoms with Crippen LogP contribution >= 0.6 is 0 Å². The number of para-hydroxylation sites is 2. The minimum absolute atomic E-state index is 0.0434. The van der Waals surface area contributed by atoms with E-state index in [0.717, 1.165) is 5.39 Å². The van der Waals surface area contributed by atoms with Gasteiger partial charge >= 0.3 is 11.9 Å². The predicted molar refractivity (Wildman–Crippen MR) is 91.8 cm³/mol. The smallest absolute Gasteiger partial charge is 0.375 e. The highest BCUT2D eigenvalue weighted by atomic mass is 16.6. The zero-order valence-corrected chi connectivity index (χ0v) is 13.8. The Morgan fingerprint density at radius 1 is 1.08 bits per heavy atom. The fraction of sp³-hybridized carbons (Fsp3) is 0.200. The van der Waals surface area contributed by atoms with Crippen LogP contribution in [0, 0.1) is 0 Å². The number of ether oxygens (including phenoxy) is 3. The Bertz CT molecular complexity index is 943. The van der Waals surface area contributed by atoms with Crippen molar-refractivity contribution in [3.63, 3.8) is 0 Å². The van der Waals surface area contributed by atoms with E-state index >= 15 is 0 Å². The SMILES string of the molecule is O=C(OC1CCOC1=O)c1oc2ccccc2c1COc1ccccc1. The van der Waals surface area contributed by atoms with Crippen LogP contribution in [-0.4, -0.2) is 24.6 Å². The second kappa shape index (κ2) is 6.92. The van der Waals surface area contributed by atoms with Gasteiger partial charge < -0.3 is 18.6 Å². The van der Waals surface area contributed by atoms with Crippen molar-refractivity contribution in [3.05, 3.63) is 65.9 Å². The molecule has 1 fully saturated rings. The van der Waals surface area contributed by atoms with Crippen LogP contribution in [-0.2, 0) is 20.9 Å². The molecule has 0 spiro atoms. The van der Waals surface area contributed by atoms with Gasteiger partial charge in [-0.05, 0) is 18.2 Å². The maximum Gasteiger partial charge on any atom is 0.375 e. The first-order chi connectivity index (χ1) is 12.7.